The molecule has 8 nitrogen and oxygen atoms in total. The van der Waals surface area contributed by atoms with Crippen molar-refractivity contribution in [2.75, 3.05) is 37.9 Å². The van der Waals surface area contributed by atoms with Crippen LogP contribution in [0, 0.1) is 0 Å². The maximum absolute atomic E-state index is 14.2. The van der Waals surface area contributed by atoms with Crippen LogP contribution >= 0.6 is 0 Å². The van der Waals surface area contributed by atoms with Crippen LogP contribution in [0.3, 0.4) is 0 Å². The molecule has 234 valence electrons. The number of unbranched alkanes of at least 4 members (excludes halogenated alkanes) is 1. The van der Waals surface area contributed by atoms with Crippen LogP contribution in [0.25, 0.3) is 22.2 Å². The van der Waals surface area contributed by atoms with Gasteiger partial charge < -0.3 is 20.3 Å². The van der Waals surface area contributed by atoms with Crippen LogP contribution in [0.1, 0.15) is 76.8 Å². The quantitative estimate of drug-likeness (QED) is 0.152. The highest BCUT2D eigenvalue weighted by Crippen LogP contribution is 2.36. The first-order valence-corrected chi connectivity index (χ1v) is 15.7. The number of nitrogens with one attached hydrogen (secondary N) is 2. The van der Waals surface area contributed by atoms with Crippen molar-refractivity contribution in [1.29, 1.82) is 0 Å². The molecule has 4 aromatic rings. The summed E-state index contributed by atoms with van der Waals surface area (Å²) in [6.45, 7) is 12.5. The second-order valence-electron chi connectivity index (χ2n) is 12.2. The van der Waals surface area contributed by atoms with Gasteiger partial charge in [0, 0.05) is 35.9 Å². The zero-order chi connectivity index (χ0) is 31.8. The molecule has 0 radical (unpaired) electrons. The fourth-order valence-corrected chi connectivity index (χ4v) is 5.49. The van der Waals surface area contributed by atoms with E-state index in [1.165, 1.54) is 0 Å². The van der Waals surface area contributed by atoms with E-state index in [1.54, 1.807) is 10.8 Å². The number of benzene rings is 2. The fourth-order valence-electron chi connectivity index (χ4n) is 5.49. The van der Waals surface area contributed by atoms with Crippen LogP contribution in [-0.2, 0) is 6.54 Å². The largest absolute Gasteiger partial charge is 0.494 e. The molecule has 0 atom stereocenters. The van der Waals surface area contributed by atoms with Crippen molar-refractivity contribution in [3.63, 3.8) is 0 Å². The van der Waals surface area contributed by atoms with Crippen LogP contribution in [0.5, 0.6) is 5.75 Å². The van der Waals surface area contributed by atoms with E-state index in [-0.39, 0.29) is 23.1 Å². The van der Waals surface area contributed by atoms with Crippen molar-refractivity contribution in [3.8, 4) is 16.9 Å². The number of pyridine rings is 2. The first kappa shape index (κ1) is 32.7. The first-order chi connectivity index (χ1) is 21.1. The van der Waals surface area contributed by atoms with Gasteiger partial charge >= 0.3 is 6.03 Å². The molecule has 44 heavy (non-hydrogen) atoms. The monoisotopic (exact) mass is 597 g/mol. The minimum atomic E-state index is -0.459. The number of urea groups is 1. The van der Waals surface area contributed by atoms with Gasteiger partial charge in [0.05, 0.1) is 6.61 Å². The predicted octanol–water partition coefficient (Wildman–Crippen LogP) is 8.08. The Balaban J connectivity index is 1.82. The number of anilines is 2. The summed E-state index contributed by atoms with van der Waals surface area (Å²) in [6.07, 6.45) is 4.32. The average molecular weight is 598 g/mol. The molecule has 0 fully saturated rings. The lowest BCUT2D eigenvalue weighted by molar-refractivity contribution is 0.262. The lowest BCUT2D eigenvalue weighted by atomic mass is 9.93. The molecule has 0 spiro atoms. The highest BCUT2D eigenvalue weighted by molar-refractivity contribution is 6.07. The Hall–Kier alpha value is -4.17. The van der Waals surface area contributed by atoms with E-state index in [9.17, 15) is 9.59 Å². The van der Waals surface area contributed by atoms with E-state index in [0.29, 0.717) is 30.1 Å². The van der Waals surface area contributed by atoms with Crippen molar-refractivity contribution in [2.24, 2.45) is 0 Å². The maximum atomic E-state index is 14.2. The van der Waals surface area contributed by atoms with Gasteiger partial charge in [0.25, 0.3) is 5.56 Å². The summed E-state index contributed by atoms with van der Waals surface area (Å²) >= 11 is 0. The molecule has 2 amide bonds. The molecule has 0 aliphatic heterocycles. The molecule has 2 aromatic heterocycles. The molecule has 0 unspecified atom stereocenters. The predicted molar refractivity (Wildman–Crippen MR) is 182 cm³/mol. The maximum Gasteiger partial charge on any atom is 0.323 e. The van der Waals surface area contributed by atoms with Crippen LogP contribution in [-0.4, -0.2) is 47.7 Å². The summed E-state index contributed by atoms with van der Waals surface area (Å²) in [5, 5.41) is 6.90. The van der Waals surface area contributed by atoms with Gasteiger partial charge in [-0.1, -0.05) is 71.4 Å². The number of fused-ring (bicyclic) bond motifs is 1. The van der Waals surface area contributed by atoms with Crippen LogP contribution < -0.4 is 20.9 Å². The molecule has 4 rings (SSSR count). The SMILES string of the molecule is CCCCn1c(=O)c(NC(=O)Nc2c(C(C)C)cccc2C(C)C)c(-c2cccc(OCCCN(C)C)c2)c2cccnc21. The van der Waals surface area contributed by atoms with Gasteiger partial charge in [-0.15, -0.1) is 0 Å². The summed E-state index contributed by atoms with van der Waals surface area (Å²) in [5.74, 6) is 1.12. The minimum Gasteiger partial charge on any atom is -0.494 e. The van der Waals surface area contributed by atoms with E-state index < -0.39 is 6.03 Å². The topological polar surface area (TPSA) is 88.5 Å². The number of ether oxygens (including phenoxy) is 1. The summed E-state index contributed by atoms with van der Waals surface area (Å²) in [7, 11) is 4.08. The summed E-state index contributed by atoms with van der Waals surface area (Å²) in [5.41, 5.74) is 4.82. The lowest BCUT2D eigenvalue weighted by Crippen LogP contribution is -2.30. The number of aromatic nitrogens is 2. The Bertz CT molecular complexity index is 1610. The van der Waals surface area contributed by atoms with Crippen LogP contribution in [0.15, 0.2) is 65.6 Å². The summed E-state index contributed by atoms with van der Waals surface area (Å²) in [6, 6.07) is 17.2. The third-order valence-corrected chi connectivity index (χ3v) is 7.75. The van der Waals surface area contributed by atoms with Gasteiger partial charge in [0.2, 0.25) is 0 Å². The molecular weight excluding hydrogens is 550 g/mol. The van der Waals surface area contributed by atoms with Gasteiger partial charge in [0.1, 0.15) is 17.1 Å². The number of carbonyl (C=O) groups is 1. The van der Waals surface area contributed by atoms with E-state index in [4.69, 9.17) is 4.74 Å². The Morgan fingerprint density at radius 3 is 2.27 bits per heavy atom. The number of hydrogen-bond acceptors (Lipinski definition) is 5. The van der Waals surface area contributed by atoms with Gasteiger partial charge in [-0.05, 0) is 79.7 Å². The minimum absolute atomic E-state index is 0.207. The highest BCUT2D eigenvalue weighted by atomic mass is 16.5. The van der Waals surface area contributed by atoms with Gasteiger partial charge in [0.15, 0.2) is 0 Å². The fraction of sp³-hybridized carbons (Fsp3) is 0.417. The Kier molecular flexibility index (Phi) is 11.2. The summed E-state index contributed by atoms with van der Waals surface area (Å²) < 4.78 is 7.77. The highest BCUT2D eigenvalue weighted by Gasteiger charge is 2.23. The molecule has 2 N–H and O–H groups in total. The van der Waals surface area contributed by atoms with E-state index in [2.05, 4.69) is 55.1 Å². The van der Waals surface area contributed by atoms with Crippen LogP contribution in [0.2, 0.25) is 0 Å². The number of aryl methyl sites for hydroxylation is 1. The molecule has 0 saturated heterocycles. The molecule has 2 heterocycles. The van der Waals surface area contributed by atoms with Gasteiger partial charge in [-0.3, -0.25) is 9.36 Å². The molecule has 2 aromatic carbocycles. The first-order valence-electron chi connectivity index (χ1n) is 15.7. The normalized spacial score (nSPS) is 11.5. The Morgan fingerprint density at radius 1 is 0.932 bits per heavy atom. The molecule has 8 heteroatoms. The van der Waals surface area contributed by atoms with Crippen molar-refractivity contribution in [1.82, 2.24) is 14.5 Å². The Labute approximate surface area is 261 Å². The van der Waals surface area contributed by atoms with Crippen molar-refractivity contribution in [2.45, 2.75) is 72.3 Å². The number of carbonyl (C=O) groups excluding carboxylic acids is 1. The molecule has 0 aliphatic rings. The Morgan fingerprint density at radius 2 is 1.61 bits per heavy atom. The lowest BCUT2D eigenvalue weighted by Gasteiger charge is -2.22. The molecule has 0 aliphatic carbocycles. The number of para-hydroxylation sites is 1. The molecule has 0 saturated carbocycles. The third-order valence-electron chi connectivity index (χ3n) is 7.75. The third kappa shape index (κ3) is 7.66. The van der Waals surface area contributed by atoms with Gasteiger partial charge in [-0.25, -0.2) is 9.78 Å². The smallest absolute Gasteiger partial charge is 0.323 e. The van der Waals surface area contributed by atoms with Gasteiger partial charge in [-0.2, -0.15) is 0 Å². The van der Waals surface area contributed by atoms with E-state index in [0.717, 1.165) is 53.6 Å². The molecule has 0 bridgehead atoms. The van der Waals surface area contributed by atoms with E-state index in [1.807, 2.05) is 68.7 Å². The number of nitrogens with zero attached hydrogens (tertiary/aromatic N) is 3. The number of amides is 2. The average Bonchev–Trinajstić information content (AvgIpc) is 2.99. The number of hydrogen-bond donors (Lipinski definition) is 2. The van der Waals surface area contributed by atoms with Crippen LogP contribution in [0.4, 0.5) is 16.2 Å². The number of rotatable bonds is 13. The van der Waals surface area contributed by atoms with Crippen molar-refractivity contribution < 1.29 is 9.53 Å². The zero-order valence-corrected chi connectivity index (χ0v) is 27.2. The summed E-state index contributed by atoms with van der Waals surface area (Å²) in [4.78, 5) is 34.8. The molecular formula is C36H47N5O3. The van der Waals surface area contributed by atoms with Crippen molar-refractivity contribution in [3.05, 3.63) is 82.3 Å². The standard InChI is InChI=1S/C36H47N5O3/c1-8-9-21-41-34-30(18-12-19-37-34)31(26-14-10-15-27(23-26)44-22-13-20-40(6)7)33(35(41)42)39-36(43)38-32-28(24(2)3)16-11-17-29(32)25(4)5/h10-12,14-19,23-25H,8-9,13,20-22H2,1-7H3,(H2,38,39,43). The van der Waals surface area contributed by atoms with Crippen molar-refractivity contribution >= 4 is 28.4 Å². The zero-order valence-electron chi connectivity index (χ0n) is 27.2. The second-order valence-corrected chi connectivity index (χ2v) is 12.2. The second kappa shape index (κ2) is 15.0. The van der Waals surface area contributed by atoms with E-state index >= 15 is 0 Å².